The van der Waals surface area contributed by atoms with Crippen molar-refractivity contribution in [1.82, 2.24) is 10.2 Å². The summed E-state index contributed by atoms with van der Waals surface area (Å²) >= 11 is 20.0. The third-order valence-electron chi connectivity index (χ3n) is 4.36. The third kappa shape index (κ3) is 6.16. The first-order chi connectivity index (χ1) is 14.7. The molecule has 0 saturated carbocycles. The summed E-state index contributed by atoms with van der Waals surface area (Å²) in [5.74, 6) is 0.0526. The molecular weight excluding hydrogens is 507 g/mol. The van der Waals surface area contributed by atoms with E-state index in [1.54, 1.807) is 24.3 Å². The number of rotatable bonds is 8. The number of thioether (sulfide) groups is 2. The molecule has 1 aromatic carbocycles. The number of carbonyl (C=O) groups is 3. The van der Waals surface area contributed by atoms with E-state index in [2.05, 4.69) is 5.32 Å². The lowest BCUT2D eigenvalue weighted by molar-refractivity contribution is -0.153. The maximum absolute atomic E-state index is 12.8. The number of fused-ring (bicyclic) bond motifs is 1. The lowest BCUT2D eigenvalue weighted by atomic mass is 10.0. The molecule has 1 N–H and O–H groups in total. The van der Waals surface area contributed by atoms with Crippen LogP contribution in [0, 0.1) is 0 Å². The number of nitrogens with zero attached hydrogens (tertiary/aromatic N) is 1. The van der Waals surface area contributed by atoms with Crippen LogP contribution in [0.4, 0.5) is 0 Å². The van der Waals surface area contributed by atoms with Gasteiger partial charge in [-0.3, -0.25) is 14.5 Å². The summed E-state index contributed by atoms with van der Waals surface area (Å²) in [7, 11) is 0. The highest BCUT2D eigenvalue weighted by Gasteiger charge is 2.54. The summed E-state index contributed by atoms with van der Waals surface area (Å²) in [4.78, 5) is 39.1. The van der Waals surface area contributed by atoms with E-state index in [9.17, 15) is 14.4 Å². The van der Waals surface area contributed by atoms with Crippen LogP contribution in [0.15, 0.2) is 41.6 Å². The van der Waals surface area contributed by atoms with Crippen LogP contribution in [0.2, 0.25) is 0 Å². The number of para-hydroxylation sites is 1. The van der Waals surface area contributed by atoms with Gasteiger partial charge in [0, 0.05) is 11.5 Å². The van der Waals surface area contributed by atoms with Crippen LogP contribution < -0.4 is 10.1 Å². The van der Waals surface area contributed by atoms with E-state index < -0.39 is 39.6 Å². The van der Waals surface area contributed by atoms with E-state index in [1.165, 1.54) is 28.4 Å². The summed E-state index contributed by atoms with van der Waals surface area (Å²) in [6.45, 7) is -0.666. The molecule has 2 amide bonds. The number of amides is 2. The summed E-state index contributed by atoms with van der Waals surface area (Å²) < 4.78 is 8.77. The van der Waals surface area contributed by atoms with Gasteiger partial charge in [0.05, 0.1) is 0 Å². The van der Waals surface area contributed by atoms with Gasteiger partial charge in [-0.1, -0.05) is 53.0 Å². The molecule has 0 unspecified atom stereocenters. The fourth-order valence-electron chi connectivity index (χ4n) is 3.05. The zero-order chi connectivity index (χ0) is 22.6. The van der Waals surface area contributed by atoms with Gasteiger partial charge in [-0.05, 0) is 24.0 Å². The van der Waals surface area contributed by atoms with Gasteiger partial charge in [0.2, 0.25) is 3.79 Å². The van der Waals surface area contributed by atoms with E-state index in [0.717, 1.165) is 5.57 Å². The van der Waals surface area contributed by atoms with Crippen LogP contribution >= 0.6 is 58.3 Å². The van der Waals surface area contributed by atoms with Gasteiger partial charge in [-0.25, -0.2) is 4.79 Å². The second-order valence-electron chi connectivity index (χ2n) is 6.63. The van der Waals surface area contributed by atoms with E-state index in [4.69, 9.17) is 44.3 Å². The largest absolute Gasteiger partial charge is 0.484 e. The quantitative estimate of drug-likeness (QED) is 0.317. The molecule has 0 bridgehead atoms. The van der Waals surface area contributed by atoms with E-state index >= 15 is 0 Å². The van der Waals surface area contributed by atoms with Crippen molar-refractivity contribution in [3.05, 3.63) is 41.6 Å². The SMILES string of the molecule is CSCC1=C(C(=O)OCC(Cl)(Cl)Cl)N2C(=O)[C@@H](NC(=O)COc3ccccc3)[C@@H]2SC1. The highest BCUT2D eigenvalue weighted by atomic mass is 35.6. The molecule has 7 nitrogen and oxygen atoms in total. The van der Waals surface area contributed by atoms with E-state index in [0.29, 0.717) is 17.3 Å². The second-order valence-corrected chi connectivity index (χ2v) is 11.1. The van der Waals surface area contributed by atoms with Crippen molar-refractivity contribution in [3.8, 4) is 5.75 Å². The second kappa shape index (κ2) is 10.6. The molecule has 31 heavy (non-hydrogen) atoms. The Kier molecular flexibility index (Phi) is 8.31. The monoisotopic (exact) mass is 524 g/mol. The average Bonchev–Trinajstić information content (AvgIpc) is 2.74. The molecule has 0 spiro atoms. The molecule has 0 radical (unpaired) electrons. The number of halogens is 3. The van der Waals surface area contributed by atoms with Crippen molar-refractivity contribution in [2.24, 2.45) is 0 Å². The van der Waals surface area contributed by atoms with Crippen LogP contribution in [-0.4, -0.2) is 68.9 Å². The summed E-state index contributed by atoms with van der Waals surface area (Å²) in [6, 6.07) is 8.12. The van der Waals surface area contributed by atoms with Crippen molar-refractivity contribution >= 4 is 76.1 Å². The van der Waals surface area contributed by atoms with Gasteiger partial charge in [-0.15, -0.1) is 11.8 Å². The number of nitrogens with one attached hydrogen (secondary N) is 1. The molecule has 2 aliphatic rings. The van der Waals surface area contributed by atoms with Crippen molar-refractivity contribution in [2.45, 2.75) is 15.2 Å². The Morgan fingerprint density at radius 3 is 2.65 bits per heavy atom. The first kappa shape index (κ1) is 24.4. The molecule has 0 aliphatic carbocycles. The molecule has 1 saturated heterocycles. The Morgan fingerprint density at radius 1 is 1.29 bits per heavy atom. The highest BCUT2D eigenvalue weighted by molar-refractivity contribution is 8.00. The topological polar surface area (TPSA) is 84.9 Å². The summed E-state index contributed by atoms with van der Waals surface area (Å²) in [5, 5.41) is 2.26. The van der Waals surface area contributed by atoms with Crippen molar-refractivity contribution in [2.75, 3.05) is 31.0 Å². The maximum Gasteiger partial charge on any atom is 0.355 e. The number of benzene rings is 1. The van der Waals surface area contributed by atoms with Gasteiger partial charge in [0.1, 0.15) is 29.5 Å². The predicted molar refractivity (Wildman–Crippen MR) is 124 cm³/mol. The smallest absolute Gasteiger partial charge is 0.355 e. The molecular formula is C19H19Cl3N2O5S2. The number of esters is 1. The Balaban J connectivity index is 1.65. The van der Waals surface area contributed by atoms with Crippen LogP contribution in [0.1, 0.15) is 0 Å². The molecule has 2 heterocycles. The van der Waals surface area contributed by atoms with Crippen molar-refractivity contribution in [3.63, 3.8) is 0 Å². The van der Waals surface area contributed by atoms with Gasteiger partial charge in [0.25, 0.3) is 11.8 Å². The summed E-state index contributed by atoms with van der Waals surface area (Å²) in [5.41, 5.74) is 0.914. The average molecular weight is 526 g/mol. The Morgan fingerprint density at radius 2 is 2.00 bits per heavy atom. The number of β-lactam (4-membered cyclic amide) rings is 1. The fourth-order valence-corrected chi connectivity index (χ4v) is 5.28. The Hall–Kier alpha value is -1.26. The van der Waals surface area contributed by atoms with Gasteiger partial charge < -0.3 is 14.8 Å². The molecule has 12 heteroatoms. The zero-order valence-electron chi connectivity index (χ0n) is 16.3. The van der Waals surface area contributed by atoms with Crippen LogP contribution in [0.5, 0.6) is 5.75 Å². The lowest BCUT2D eigenvalue weighted by Crippen LogP contribution is -2.71. The molecule has 2 atom stereocenters. The zero-order valence-corrected chi connectivity index (χ0v) is 20.2. The number of alkyl halides is 3. The van der Waals surface area contributed by atoms with Gasteiger partial charge in [-0.2, -0.15) is 11.8 Å². The number of ether oxygens (including phenoxy) is 2. The van der Waals surface area contributed by atoms with Crippen LogP contribution in [-0.2, 0) is 19.1 Å². The minimum absolute atomic E-state index is 0.156. The first-order valence-corrected chi connectivity index (χ1v) is 12.7. The summed E-state index contributed by atoms with van der Waals surface area (Å²) in [6.07, 6.45) is 1.89. The van der Waals surface area contributed by atoms with Crippen molar-refractivity contribution in [1.29, 1.82) is 0 Å². The Labute approximate surface area is 203 Å². The number of hydrogen-bond acceptors (Lipinski definition) is 7. The molecule has 0 aromatic heterocycles. The normalized spacial score (nSPS) is 20.6. The molecule has 168 valence electrons. The van der Waals surface area contributed by atoms with Gasteiger partial charge in [0.15, 0.2) is 6.61 Å². The molecule has 1 aromatic rings. The lowest BCUT2D eigenvalue weighted by Gasteiger charge is -2.49. The number of carbonyl (C=O) groups excluding carboxylic acids is 3. The standard InChI is InChI=1S/C19H19Cl3N2O5S2/c1-30-8-11-9-31-17-14(23-13(25)7-28-12-5-3-2-4-6-12)16(26)24(17)15(11)18(27)29-10-19(20,21)22/h2-6,14,17H,7-10H2,1H3,(H,23,25)/t14-,17+/m1/s1. The van der Waals surface area contributed by atoms with Crippen LogP contribution in [0.3, 0.4) is 0 Å². The predicted octanol–water partition coefficient (Wildman–Crippen LogP) is 3.00. The number of hydrogen-bond donors (Lipinski definition) is 1. The van der Waals surface area contributed by atoms with Crippen molar-refractivity contribution < 1.29 is 23.9 Å². The highest BCUT2D eigenvalue weighted by Crippen LogP contribution is 2.41. The third-order valence-corrected chi connectivity index (χ3v) is 6.66. The van der Waals surface area contributed by atoms with Crippen LogP contribution in [0.25, 0.3) is 0 Å². The minimum atomic E-state index is -1.76. The fraction of sp³-hybridized carbons (Fsp3) is 0.421. The van der Waals surface area contributed by atoms with Gasteiger partial charge >= 0.3 is 5.97 Å². The molecule has 1 fully saturated rings. The molecule has 3 rings (SSSR count). The maximum atomic E-state index is 12.8. The van der Waals surface area contributed by atoms with E-state index in [-0.39, 0.29) is 12.3 Å². The molecule has 2 aliphatic heterocycles. The first-order valence-electron chi connectivity index (χ1n) is 9.08. The Bertz CT molecular complexity index is 879. The van der Waals surface area contributed by atoms with E-state index in [1.807, 2.05) is 12.3 Å². The minimum Gasteiger partial charge on any atom is -0.484 e.